The van der Waals surface area contributed by atoms with Crippen LogP contribution < -0.4 is 10.9 Å². The number of hydrogen-bond donors (Lipinski definition) is 3. The van der Waals surface area contributed by atoms with Gasteiger partial charge in [0.05, 0.1) is 24.2 Å². The molecule has 1 aliphatic heterocycles. The smallest absolute Gasteiger partial charge is 0.257 e. The zero-order valence-electron chi connectivity index (χ0n) is 15.8. The molecule has 8 nitrogen and oxygen atoms in total. The molecule has 3 heterocycles. The van der Waals surface area contributed by atoms with Gasteiger partial charge in [-0.1, -0.05) is 18.2 Å². The van der Waals surface area contributed by atoms with Gasteiger partial charge in [0.2, 0.25) is 11.8 Å². The molecule has 0 spiro atoms. The van der Waals surface area contributed by atoms with Crippen LogP contribution in [0.1, 0.15) is 28.8 Å². The van der Waals surface area contributed by atoms with Crippen molar-refractivity contribution in [3.8, 4) is 0 Å². The van der Waals surface area contributed by atoms with Crippen molar-refractivity contribution < 1.29 is 18.8 Å². The number of H-pyrrole nitrogens is 1. The molecule has 3 N–H and O–H groups in total. The van der Waals surface area contributed by atoms with Crippen LogP contribution in [0, 0.1) is 5.92 Å². The number of aromatic nitrogens is 1. The summed E-state index contributed by atoms with van der Waals surface area (Å²) in [6, 6.07) is 9.34. The molecule has 8 heteroatoms. The molecule has 0 aliphatic carbocycles. The second-order valence-electron chi connectivity index (χ2n) is 7.18. The Balaban J connectivity index is 1.29. The van der Waals surface area contributed by atoms with Gasteiger partial charge in [-0.3, -0.25) is 25.2 Å². The number of fused-ring (bicyclic) bond motifs is 1. The number of carbonyl (C=O) groups excluding carboxylic acids is 3. The molecule has 0 radical (unpaired) electrons. The molecule has 150 valence electrons. The Bertz CT molecular complexity index is 1020. The van der Waals surface area contributed by atoms with E-state index in [-0.39, 0.29) is 30.1 Å². The minimum absolute atomic E-state index is 0.153. The number of piperidine rings is 1. The van der Waals surface area contributed by atoms with Crippen LogP contribution in [0.3, 0.4) is 0 Å². The number of aromatic amines is 1. The normalized spacial score (nSPS) is 16.6. The second kappa shape index (κ2) is 8.22. The van der Waals surface area contributed by atoms with Crippen molar-refractivity contribution in [1.29, 1.82) is 0 Å². The van der Waals surface area contributed by atoms with E-state index >= 15 is 0 Å². The van der Waals surface area contributed by atoms with Crippen LogP contribution in [0.5, 0.6) is 0 Å². The molecule has 2 aromatic heterocycles. The minimum atomic E-state index is -0.368. The van der Waals surface area contributed by atoms with Crippen LogP contribution in [0.15, 0.2) is 53.5 Å². The zero-order chi connectivity index (χ0) is 20.2. The average Bonchev–Trinajstić information content (AvgIpc) is 3.42. The summed E-state index contributed by atoms with van der Waals surface area (Å²) in [6.07, 6.45) is 6.19. The van der Waals surface area contributed by atoms with Gasteiger partial charge < -0.3 is 14.3 Å². The lowest BCUT2D eigenvalue weighted by Gasteiger charge is -2.31. The van der Waals surface area contributed by atoms with Crippen LogP contribution in [-0.2, 0) is 16.0 Å². The average molecular weight is 394 g/mol. The zero-order valence-corrected chi connectivity index (χ0v) is 15.8. The summed E-state index contributed by atoms with van der Waals surface area (Å²) in [5, 5.41) is 0.981. The van der Waals surface area contributed by atoms with E-state index in [1.807, 2.05) is 24.3 Å². The van der Waals surface area contributed by atoms with E-state index in [0.29, 0.717) is 25.1 Å². The fraction of sp³-hybridized carbons (Fsp3) is 0.286. The first-order chi connectivity index (χ1) is 14.1. The molecule has 1 aromatic carbocycles. The molecule has 0 bridgehead atoms. The number of carbonyl (C=O) groups is 3. The summed E-state index contributed by atoms with van der Waals surface area (Å²) < 4.78 is 4.96. The second-order valence-corrected chi connectivity index (χ2v) is 7.18. The van der Waals surface area contributed by atoms with E-state index in [9.17, 15) is 14.4 Å². The summed E-state index contributed by atoms with van der Waals surface area (Å²) in [7, 11) is 0. The molecule has 4 rings (SSSR count). The Morgan fingerprint density at radius 3 is 2.86 bits per heavy atom. The lowest BCUT2D eigenvalue weighted by molar-refractivity contribution is -0.131. The SMILES string of the molecule is O=C(Cc1c[nH]c2ccccc12)NNC(=O)[C@@H]1CCCN(C(=O)c2ccoc2)C1. The van der Waals surface area contributed by atoms with Gasteiger partial charge in [-0.25, -0.2) is 0 Å². The number of hydrazine groups is 1. The van der Waals surface area contributed by atoms with Crippen molar-refractivity contribution >= 4 is 28.6 Å². The quantitative estimate of drug-likeness (QED) is 0.588. The van der Waals surface area contributed by atoms with E-state index in [2.05, 4.69) is 15.8 Å². The van der Waals surface area contributed by atoms with Crippen molar-refractivity contribution in [2.75, 3.05) is 13.1 Å². The maximum absolute atomic E-state index is 12.5. The van der Waals surface area contributed by atoms with Crippen molar-refractivity contribution in [3.05, 3.63) is 60.2 Å². The van der Waals surface area contributed by atoms with E-state index < -0.39 is 0 Å². The number of benzene rings is 1. The number of nitrogens with one attached hydrogen (secondary N) is 3. The van der Waals surface area contributed by atoms with E-state index in [1.165, 1.54) is 12.5 Å². The largest absolute Gasteiger partial charge is 0.472 e. The summed E-state index contributed by atoms with van der Waals surface area (Å²) in [6.45, 7) is 0.912. The van der Waals surface area contributed by atoms with Gasteiger partial charge in [-0.2, -0.15) is 0 Å². The summed E-state index contributed by atoms with van der Waals surface area (Å²) in [5.74, 6) is -1.11. The Morgan fingerprint density at radius 1 is 1.17 bits per heavy atom. The van der Waals surface area contributed by atoms with Gasteiger partial charge in [-0.15, -0.1) is 0 Å². The van der Waals surface area contributed by atoms with E-state index in [0.717, 1.165) is 22.9 Å². The Kier molecular flexibility index (Phi) is 5.33. The molecule has 3 amide bonds. The van der Waals surface area contributed by atoms with Crippen LogP contribution in [0.2, 0.25) is 0 Å². The highest BCUT2D eigenvalue weighted by Gasteiger charge is 2.29. The summed E-state index contributed by atoms with van der Waals surface area (Å²) >= 11 is 0. The molecule has 1 aliphatic rings. The molecule has 29 heavy (non-hydrogen) atoms. The van der Waals surface area contributed by atoms with Crippen molar-refractivity contribution in [2.45, 2.75) is 19.3 Å². The Hall–Kier alpha value is -3.55. The third kappa shape index (κ3) is 4.16. The third-order valence-corrected chi connectivity index (χ3v) is 5.20. The molecular weight excluding hydrogens is 372 g/mol. The number of amides is 3. The molecular formula is C21H22N4O4. The van der Waals surface area contributed by atoms with Gasteiger partial charge in [-0.05, 0) is 30.5 Å². The number of rotatable bonds is 4. The lowest BCUT2D eigenvalue weighted by Crippen LogP contribution is -2.50. The Morgan fingerprint density at radius 2 is 2.03 bits per heavy atom. The van der Waals surface area contributed by atoms with Crippen LogP contribution in [-0.4, -0.2) is 40.7 Å². The van der Waals surface area contributed by atoms with E-state index in [4.69, 9.17) is 4.42 Å². The summed E-state index contributed by atoms with van der Waals surface area (Å²) in [5.41, 5.74) is 7.28. The number of likely N-dealkylation sites (tertiary alicyclic amines) is 1. The van der Waals surface area contributed by atoms with Gasteiger partial charge in [0.15, 0.2) is 0 Å². The maximum atomic E-state index is 12.5. The highest BCUT2D eigenvalue weighted by molar-refractivity contribution is 5.94. The molecule has 3 aromatic rings. The van der Waals surface area contributed by atoms with Crippen molar-refractivity contribution in [1.82, 2.24) is 20.7 Å². The standard InChI is InChI=1S/C21H22N4O4/c26-19(10-16-11-22-18-6-2-1-5-17(16)18)23-24-20(27)14-4-3-8-25(12-14)21(28)15-7-9-29-13-15/h1-2,5-7,9,11,13-14,22H,3-4,8,10,12H2,(H,23,26)(H,24,27)/t14-/m1/s1. The van der Waals surface area contributed by atoms with Crippen LogP contribution in [0.25, 0.3) is 10.9 Å². The van der Waals surface area contributed by atoms with Gasteiger partial charge in [0.25, 0.3) is 5.91 Å². The fourth-order valence-electron chi connectivity index (χ4n) is 3.67. The Labute approximate surface area is 167 Å². The molecule has 1 fully saturated rings. The van der Waals surface area contributed by atoms with Gasteiger partial charge in [0, 0.05) is 30.2 Å². The maximum Gasteiger partial charge on any atom is 0.257 e. The van der Waals surface area contributed by atoms with Gasteiger partial charge in [0.1, 0.15) is 6.26 Å². The first kappa shape index (κ1) is 18.8. The monoisotopic (exact) mass is 394 g/mol. The number of nitrogens with zero attached hydrogens (tertiary/aromatic N) is 1. The molecule has 1 saturated heterocycles. The van der Waals surface area contributed by atoms with Crippen LogP contribution >= 0.6 is 0 Å². The number of hydrogen-bond acceptors (Lipinski definition) is 4. The first-order valence-corrected chi connectivity index (χ1v) is 9.57. The third-order valence-electron chi connectivity index (χ3n) is 5.20. The number of furan rings is 1. The predicted octanol–water partition coefficient (Wildman–Crippen LogP) is 2.00. The van der Waals surface area contributed by atoms with Crippen molar-refractivity contribution in [3.63, 3.8) is 0 Å². The number of para-hydroxylation sites is 1. The summed E-state index contributed by atoms with van der Waals surface area (Å²) in [4.78, 5) is 42.0. The lowest BCUT2D eigenvalue weighted by atomic mass is 9.97. The molecule has 0 unspecified atom stereocenters. The minimum Gasteiger partial charge on any atom is -0.472 e. The molecule has 1 atom stereocenters. The highest BCUT2D eigenvalue weighted by atomic mass is 16.3. The van der Waals surface area contributed by atoms with Gasteiger partial charge >= 0.3 is 0 Å². The van der Waals surface area contributed by atoms with Crippen LogP contribution in [0.4, 0.5) is 0 Å². The first-order valence-electron chi connectivity index (χ1n) is 9.57. The van der Waals surface area contributed by atoms with Crippen molar-refractivity contribution in [2.24, 2.45) is 5.92 Å². The molecule has 0 saturated carbocycles. The highest BCUT2D eigenvalue weighted by Crippen LogP contribution is 2.20. The topological polar surface area (TPSA) is 107 Å². The van der Waals surface area contributed by atoms with E-state index in [1.54, 1.807) is 17.2 Å². The predicted molar refractivity (Wildman–Crippen MR) is 106 cm³/mol. The fourth-order valence-corrected chi connectivity index (χ4v) is 3.67.